The van der Waals surface area contributed by atoms with Crippen molar-refractivity contribution in [2.45, 2.75) is 39.8 Å². The van der Waals surface area contributed by atoms with Gasteiger partial charge in [-0.2, -0.15) is 0 Å². The van der Waals surface area contributed by atoms with E-state index in [-0.39, 0.29) is 30.4 Å². The van der Waals surface area contributed by atoms with Gasteiger partial charge in [-0.15, -0.1) is 0 Å². The molecule has 6 nitrogen and oxygen atoms in total. The molecular weight excluding hydrogens is 246 g/mol. The van der Waals surface area contributed by atoms with Crippen LogP contribution in [-0.4, -0.2) is 55.1 Å². The number of ether oxygens (including phenoxy) is 1. The normalized spacial score (nSPS) is 26.5. The van der Waals surface area contributed by atoms with Gasteiger partial charge in [0.2, 0.25) is 11.8 Å². The Bertz CT molecular complexity index is 346. The summed E-state index contributed by atoms with van der Waals surface area (Å²) in [6.45, 7) is 8.67. The molecule has 0 radical (unpaired) electrons. The van der Waals surface area contributed by atoms with Crippen molar-refractivity contribution in [2.75, 3.05) is 26.3 Å². The van der Waals surface area contributed by atoms with Crippen molar-refractivity contribution in [1.82, 2.24) is 10.2 Å². The number of amides is 2. The van der Waals surface area contributed by atoms with Crippen molar-refractivity contribution in [3.8, 4) is 0 Å². The van der Waals surface area contributed by atoms with Gasteiger partial charge < -0.3 is 20.7 Å². The van der Waals surface area contributed by atoms with E-state index in [1.54, 1.807) is 6.92 Å². The van der Waals surface area contributed by atoms with Crippen LogP contribution in [0.2, 0.25) is 0 Å². The zero-order valence-corrected chi connectivity index (χ0v) is 12.2. The highest BCUT2D eigenvalue weighted by molar-refractivity contribution is 5.88. The minimum absolute atomic E-state index is 0.0639. The lowest BCUT2D eigenvalue weighted by atomic mass is 9.84. The summed E-state index contributed by atoms with van der Waals surface area (Å²) in [4.78, 5) is 25.8. The van der Waals surface area contributed by atoms with Crippen LogP contribution >= 0.6 is 0 Å². The van der Waals surface area contributed by atoms with Crippen molar-refractivity contribution in [1.29, 1.82) is 0 Å². The van der Waals surface area contributed by atoms with Crippen LogP contribution < -0.4 is 11.1 Å². The van der Waals surface area contributed by atoms with Crippen molar-refractivity contribution in [3.63, 3.8) is 0 Å². The fourth-order valence-corrected chi connectivity index (χ4v) is 2.14. The molecule has 1 aliphatic rings. The maximum Gasteiger partial charge on any atom is 0.239 e. The summed E-state index contributed by atoms with van der Waals surface area (Å²) in [5, 5.41) is 2.78. The fourth-order valence-electron chi connectivity index (χ4n) is 2.14. The van der Waals surface area contributed by atoms with Gasteiger partial charge in [-0.05, 0) is 27.7 Å². The van der Waals surface area contributed by atoms with Crippen LogP contribution in [0.3, 0.4) is 0 Å². The second-order valence-electron chi connectivity index (χ2n) is 5.58. The van der Waals surface area contributed by atoms with Crippen molar-refractivity contribution < 1.29 is 14.3 Å². The maximum absolute atomic E-state index is 12.5. The van der Waals surface area contributed by atoms with E-state index >= 15 is 0 Å². The van der Waals surface area contributed by atoms with Gasteiger partial charge in [0, 0.05) is 18.6 Å². The summed E-state index contributed by atoms with van der Waals surface area (Å²) < 4.78 is 5.28. The van der Waals surface area contributed by atoms with Crippen LogP contribution in [0.25, 0.3) is 0 Å². The van der Waals surface area contributed by atoms with Crippen LogP contribution in [0.4, 0.5) is 0 Å². The van der Waals surface area contributed by atoms with Crippen LogP contribution in [-0.2, 0) is 14.3 Å². The Balaban J connectivity index is 2.69. The Hall–Kier alpha value is -1.14. The predicted octanol–water partition coefficient (Wildman–Crippen LogP) is -0.277. The molecule has 110 valence electrons. The van der Waals surface area contributed by atoms with Gasteiger partial charge in [-0.1, -0.05) is 0 Å². The second kappa shape index (κ2) is 6.34. The SMILES string of the molecule is CCN(CC(=O)NC(C)C)C(=O)C1(C)COCC1N. The number of nitrogens with one attached hydrogen (secondary N) is 1. The molecule has 1 saturated heterocycles. The van der Waals surface area contributed by atoms with Gasteiger partial charge in [0.15, 0.2) is 0 Å². The molecule has 6 heteroatoms. The molecule has 0 aromatic carbocycles. The van der Waals surface area contributed by atoms with Gasteiger partial charge in [0.05, 0.1) is 25.2 Å². The van der Waals surface area contributed by atoms with Crippen molar-refractivity contribution in [2.24, 2.45) is 11.1 Å². The molecule has 0 aromatic rings. The van der Waals surface area contributed by atoms with E-state index in [9.17, 15) is 9.59 Å². The molecule has 0 aliphatic carbocycles. The maximum atomic E-state index is 12.5. The van der Waals surface area contributed by atoms with Gasteiger partial charge in [0.25, 0.3) is 0 Å². The van der Waals surface area contributed by atoms with Crippen molar-refractivity contribution in [3.05, 3.63) is 0 Å². The molecule has 0 bridgehead atoms. The number of hydrogen-bond acceptors (Lipinski definition) is 4. The average Bonchev–Trinajstić information content (AvgIpc) is 2.66. The van der Waals surface area contributed by atoms with E-state index in [0.29, 0.717) is 19.8 Å². The molecule has 1 fully saturated rings. The molecule has 2 amide bonds. The van der Waals surface area contributed by atoms with E-state index in [1.807, 2.05) is 20.8 Å². The zero-order chi connectivity index (χ0) is 14.6. The van der Waals surface area contributed by atoms with E-state index < -0.39 is 5.41 Å². The number of carbonyl (C=O) groups is 2. The molecule has 1 aliphatic heterocycles. The van der Waals surface area contributed by atoms with Crippen molar-refractivity contribution >= 4 is 11.8 Å². The third kappa shape index (κ3) is 3.67. The summed E-state index contributed by atoms with van der Waals surface area (Å²) in [5.41, 5.74) is 5.22. The first-order valence-corrected chi connectivity index (χ1v) is 6.73. The van der Waals surface area contributed by atoms with Crippen LogP contribution in [0, 0.1) is 5.41 Å². The van der Waals surface area contributed by atoms with Gasteiger partial charge in [0.1, 0.15) is 0 Å². The second-order valence-corrected chi connectivity index (χ2v) is 5.58. The first-order valence-electron chi connectivity index (χ1n) is 6.73. The zero-order valence-electron chi connectivity index (χ0n) is 12.2. The minimum Gasteiger partial charge on any atom is -0.379 e. The fraction of sp³-hybridized carbons (Fsp3) is 0.846. The Morgan fingerprint density at radius 2 is 2.16 bits per heavy atom. The molecule has 0 aromatic heterocycles. The first kappa shape index (κ1) is 15.9. The third-order valence-corrected chi connectivity index (χ3v) is 3.46. The molecule has 1 rings (SSSR count). The molecule has 0 spiro atoms. The van der Waals surface area contributed by atoms with E-state index in [2.05, 4.69) is 5.32 Å². The molecule has 19 heavy (non-hydrogen) atoms. The summed E-state index contributed by atoms with van der Waals surface area (Å²) in [5.74, 6) is -0.264. The number of hydrogen-bond donors (Lipinski definition) is 2. The molecule has 1 heterocycles. The number of nitrogens with zero attached hydrogens (tertiary/aromatic N) is 1. The monoisotopic (exact) mass is 271 g/mol. The molecule has 2 atom stereocenters. The highest BCUT2D eigenvalue weighted by atomic mass is 16.5. The Morgan fingerprint density at radius 1 is 1.53 bits per heavy atom. The lowest BCUT2D eigenvalue weighted by molar-refractivity contribution is -0.144. The summed E-state index contributed by atoms with van der Waals surface area (Å²) in [6, 6.07) is -0.254. The van der Waals surface area contributed by atoms with E-state index in [1.165, 1.54) is 4.90 Å². The minimum atomic E-state index is -0.728. The number of likely N-dealkylation sites (N-methyl/N-ethyl adjacent to an activating group) is 1. The largest absolute Gasteiger partial charge is 0.379 e. The Morgan fingerprint density at radius 3 is 2.58 bits per heavy atom. The van der Waals surface area contributed by atoms with E-state index in [0.717, 1.165) is 0 Å². The molecular formula is C13H25N3O3. The summed E-state index contributed by atoms with van der Waals surface area (Å²) in [7, 11) is 0. The van der Waals surface area contributed by atoms with Crippen LogP contribution in [0.15, 0.2) is 0 Å². The molecule has 0 saturated carbocycles. The first-order chi connectivity index (χ1) is 8.81. The van der Waals surface area contributed by atoms with Crippen LogP contribution in [0.5, 0.6) is 0 Å². The number of nitrogens with two attached hydrogens (primary N) is 1. The molecule has 2 unspecified atom stereocenters. The smallest absolute Gasteiger partial charge is 0.239 e. The highest BCUT2D eigenvalue weighted by Gasteiger charge is 2.46. The topological polar surface area (TPSA) is 84.7 Å². The summed E-state index contributed by atoms with van der Waals surface area (Å²) >= 11 is 0. The van der Waals surface area contributed by atoms with Gasteiger partial charge in [-0.3, -0.25) is 9.59 Å². The van der Waals surface area contributed by atoms with Gasteiger partial charge in [-0.25, -0.2) is 0 Å². The average molecular weight is 271 g/mol. The Labute approximate surface area is 114 Å². The lowest BCUT2D eigenvalue weighted by Gasteiger charge is -2.32. The van der Waals surface area contributed by atoms with E-state index in [4.69, 9.17) is 10.5 Å². The highest BCUT2D eigenvalue weighted by Crippen LogP contribution is 2.29. The quantitative estimate of drug-likeness (QED) is 0.720. The van der Waals surface area contributed by atoms with Gasteiger partial charge >= 0.3 is 0 Å². The number of rotatable bonds is 5. The Kier molecular flexibility index (Phi) is 5.31. The third-order valence-electron chi connectivity index (χ3n) is 3.46. The predicted molar refractivity (Wildman–Crippen MR) is 72.4 cm³/mol. The van der Waals surface area contributed by atoms with Crippen LogP contribution in [0.1, 0.15) is 27.7 Å². The number of carbonyl (C=O) groups excluding carboxylic acids is 2. The standard InChI is InChI=1S/C13H25N3O3/c1-5-16(6-11(17)15-9(2)3)12(18)13(4)8-19-7-10(13)14/h9-10H,5-8,14H2,1-4H3,(H,15,17). The lowest BCUT2D eigenvalue weighted by Crippen LogP contribution is -2.53. The molecule has 3 N–H and O–H groups in total. The summed E-state index contributed by atoms with van der Waals surface area (Å²) in [6.07, 6.45) is 0.